The molecule has 2 aromatic carbocycles. The van der Waals surface area contributed by atoms with Crippen LogP contribution in [-0.2, 0) is 22.5 Å². The Labute approximate surface area is 238 Å². The van der Waals surface area contributed by atoms with Gasteiger partial charge in [-0.25, -0.2) is 24.6 Å². The van der Waals surface area contributed by atoms with E-state index >= 15 is 0 Å². The van der Waals surface area contributed by atoms with Crippen LogP contribution in [-0.4, -0.2) is 46.5 Å². The highest BCUT2D eigenvalue weighted by Crippen LogP contribution is 2.21. The Bertz CT molecular complexity index is 1720. The number of aromatic nitrogens is 7. The van der Waals surface area contributed by atoms with E-state index in [2.05, 4.69) is 31.3 Å². The van der Waals surface area contributed by atoms with Crippen LogP contribution in [0.4, 0.5) is 0 Å². The predicted octanol–water partition coefficient (Wildman–Crippen LogP) is 5.32. The van der Waals surface area contributed by atoms with Crippen LogP contribution in [0.2, 0.25) is 0 Å². The lowest BCUT2D eigenvalue weighted by atomic mass is 10.1. The van der Waals surface area contributed by atoms with E-state index in [4.69, 9.17) is 9.72 Å². The van der Waals surface area contributed by atoms with Crippen LogP contribution in [0.1, 0.15) is 56.7 Å². The maximum Gasteiger partial charge on any atom is 0.306 e. The van der Waals surface area contributed by atoms with Crippen LogP contribution < -0.4 is 0 Å². The molecule has 0 N–H and O–H groups in total. The van der Waals surface area contributed by atoms with Crippen molar-refractivity contribution in [3.05, 3.63) is 83.8 Å². The number of nitrogens with zero attached hydrogens (tertiary/aromatic N) is 8. The molecule has 0 aliphatic heterocycles. The Morgan fingerprint density at radius 3 is 2.51 bits per heavy atom. The maximum atomic E-state index is 11.9. The number of unbranched alkanes of at least 4 members (excludes halogenated alkanes) is 1. The molecule has 0 saturated heterocycles. The van der Waals surface area contributed by atoms with Gasteiger partial charge in [-0.1, -0.05) is 35.5 Å². The summed E-state index contributed by atoms with van der Waals surface area (Å²) < 4.78 is 7.07. The van der Waals surface area contributed by atoms with Crippen molar-refractivity contribution >= 4 is 17.3 Å². The molecule has 0 bridgehead atoms. The van der Waals surface area contributed by atoms with E-state index in [-0.39, 0.29) is 5.97 Å². The summed E-state index contributed by atoms with van der Waals surface area (Å²) in [4.78, 5) is 30.2. The summed E-state index contributed by atoms with van der Waals surface area (Å²) in [5.41, 5.74) is 5.46. The van der Waals surface area contributed by atoms with Crippen molar-refractivity contribution in [1.29, 1.82) is 5.26 Å². The van der Waals surface area contributed by atoms with E-state index in [1.165, 1.54) is 0 Å². The number of ether oxygens (including phenoxy) is 1. The second kappa shape index (κ2) is 12.0. The molecule has 0 unspecified atom stereocenters. The van der Waals surface area contributed by atoms with Gasteiger partial charge in [0.15, 0.2) is 11.5 Å². The van der Waals surface area contributed by atoms with Gasteiger partial charge in [0.1, 0.15) is 5.60 Å². The summed E-state index contributed by atoms with van der Waals surface area (Å²) in [6.45, 7) is 6.06. The van der Waals surface area contributed by atoms with Crippen molar-refractivity contribution < 1.29 is 9.53 Å². The molecule has 0 aliphatic rings. The van der Waals surface area contributed by atoms with Gasteiger partial charge >= 0.3 is 5.97 Å². The second-order valence-electron chi connectivity index (χ2n) is 10.8. The Morgan fingerprint density at radius 2 is 1.73 bits per heavy atom. The van der Waals surface area contributed by atoms with Crippen molar-refractivity contribution in [2.24, 2.45) is 0 Å². The van der Waals surface area contributed by atoms with E-state index in [0.29, 0.717) is 41.3 Å². The summed E-state index contributed by atoms with van der Waals surface area (Å²) >= 11 is 0. The number of aryl methyl sites for hydroxylation is 1. The molecule has 0 saturated carbocycles. The molecule has 0 radical (unpaired) electrons. The second-order valence-corrected chi connectivity index (χ2v) is 10.8. The first-order chi connectivity index (χ1) is 19.8. The van der Waals surface area contributed by atoms with Gasteiger partial charge in [-0.3, -0.25) is 4.79 Å². The fourth-order valence-corrected chi connectivity index (χ4v) is 4.35. The molecule has 10 heteroatoms. The Morgan fingerprint density at radius 1 is 0.951 bits per heavy atom. The molecular weight excluding hydrogens is 516 g/mol. The molecule has 10 nitrogen and oxygen atoms in total. The summed E-state index contributed by atoms with van der Waals surface area (Å²) in [7, 11) is 0. The van der Waals surface area contributed by atoms with Crippen LogP contribution in [0.15, 0.2) is 67.1 Å². The highest BCUT2D eigenvalue weighted by Gasteiger charge is 2.16. The SMILES string of the molecule is CC(C)(C)OC(=O)CCCCc1cnc(-c2cccc(Cn3nnc4ncc(-c5cccc(C#N)c5)nc43)c2)nc1. The number of esters is 1. The van der Waals surface area contributed by atoms with Crippen molar-refractivity contribution in [3.8, 4) is 28.7 Å². The van der Waals surface area contributed by atoms with Crippen molar-refractivity contribution in [2.45, 2.75) is 58.6 Å². The number of hydrogen-bond donors (Lipinski definition) is 0. The highest BCUT2D eigenvalue weighted by molar-refractivity contribution is 5.71. The lowest BCUT2D eigenvalue weighted by Crippen LogP contribution is -2.23. The maximum absolute atomic E-state index is 11.9. The van der Waals surface area contributed by atoms with Gasteiger partial charge in [-0.05, 0) is 69.4 Å². The quantitative estimate of drug-likeness (QED) is 0.178. The van der Waals surface area contributed by atoms with Crippen molar-refractivity contribution in [3.63, 3.8) is 0 Å². The number of nitriles is 1. The number of rotatable bonds is 9. The van der Waals surface area contributed by atoms with Gasteiger partial charge in [0.05, 0.1) is 30.1 Å². The topological polar surface area (TPSA) is 132 Å². The summed E-state index contributed by atoms with van der Waals surface area (Å²) in [6.07, 6.45) is 8.14. The van der Waals surface area contributed by atoms with Gasteiger partial charge in [-0.15, -0.1) is 5.10 Å². The molecule has 0 spiro atoms. The van der Waals surface area contributed by atoms with Crippen molar-refractivity contribution in [2.75, 3.05) is 0 Å². The molecule has 0 amide bonds. The van der Waals surface area contributed by atoms with E-state index in [0.717, 1.165) is 41.5 Å². The third-order valence-electron chi connectivity index (χ3n) is 6.25. The van der Waals surface area contributed by atoms with E-state index in [1.54, 1.807) is 23.0 Å². The fraction of sp³-hybridized carbons (Fsp3) is 0.290. The largest absolute Gasteiger partial charge is 0.460 e. The molecule has 5 aromatic rings. The molecule has 0 atom stereocenters. The fourth-order valence-electron chi connectivity index (χ4n) is 4.35. The third-order valence-corrected chi connectivity index (χ3v) is 6.25. The lowest BCUT2D eigenvalue weighted by molar-refractivity contribution is -0.154. The average molecular weight is 547 g/mol. The molecule has 41 heavy (non-hydrogen) atoms. The minimum atomic E-state index is -0.453. The zero-order valence-corrected chi connectivity index (χ0v) is 23.3. The van der Waals surface area contributed by atoms with Gasteiger partial charge < -0.3 is 4.74 Å². The van der Waals surface area contributed by atoms with Crippen LogP contribution in [0.3, 0.4) is 0 Å². The van der Waals surface area contributed by atoms with Crippen LogP contribution >= 0.6 is 0 Å². The summed E-state index contributed by atoms with van der Waals surface area (Å²) in [5.74, 6) is 0.466. The molecule has 0 aliphatic carbocycles. The smallest absolute Gasteiger partial charge is 0.306 e. The number of fused-ring (bicyclic) bond motifs is 1. The minimum absolute atomic E-state index is 0.166. The lowest BCUT2D eigenvalue weighted by Gasteiger charge is -2.19. The van der Waals surface area contributed by atoms with Gasteiger partial charge in [-0.2, -0.15) is 5.26 Å². The van der Waals surface area contributed by atoms with E-state index in [1.807, 2.05) is 69.6 Å². The third kappa shape index (κ3) is 7.13. The average Bonchev–Trinajstić information content (AvgIpc) is 3.36. The zero-order chi connectivity index (χ0) is 28.8. The van der Waals surface area contributed by atoms with Gasteiger partial charge in [0.2, 0.25) is 5.65 Å². The molecular formula is C31H30N8O2. The number of carbonyl (C=O) groups excluding carboxylic acids is 1. The standard InChI is InChI=1S/C31H30N8O2/c1-31(2,3)41-27(40)13-5-4-8-23-17-33-28(34-18-23)25-12-7-10-22(15-25)20-39-30-29(37-38-39)35-19-26(36-30)24-11-6-9-21(14-24)16-32/h6-7,9-12,14-15,17-19H,4-5,8,13,20H2,1-3H3. The summed E-state index contributed by atoms with van der Waals surface area (Å²) in [6, 6.07) is 17.4. The first kappa shape index (κ1) is 27.5. The number of benzene rings is 2. The molecule has 0 fully saturated rings. The van der Waals surface area contributed by atoms with Gasteiger partial charge in [0.25, 0.3) is 0 Å². The van der Waals surface area contributed by atoms with Crippen LogP contribution in [0.5, 0.6) is 0 Å². The van der Waals surface area contributed by atoms with E-state index < -0.39 is 5.60 Å². The van der Waals surface area contributed by atoms with Crippen LogP contribution in [0.25, 0.3) is 33.9 Å². The Hall–Kier alpha value is -5.04. The molecule has 206 valence electrons. The Kier molecular flexibility index (Phi) is 8.06. The summed E-state index contributed by atoms with van der Waals surface area (Å²) in [5, 5.41) is 17.7. The van der Waals surface area contributed by atoms with Crippen LogP contribution in [0, 0.1) is 11.3 Å². The first-order valence-electron chi connectivity index (χ1n) is 13.5. The zero-order valence-electron chi connectivity index (χ0n) is 23.3. The minimum Gasteiger partial charge on any atom is -0.460 e. The van der Waals surface area contributed by atoms with Gasteiger partial charge in [0, 0.05) is 29.9 Å². The monoisotopic (exact) mass is 546 g/mol. The first-order valence-corrected chi connectivity index (χ1v) is 13.5. The number of carbonyl (C=O) groups is 1. The normalized spacial score (nSPS) is 11.4. The molecule has 3 aromatic heterocycles. The highest BCUT2D eigenvalue weighted by atomic mass is 16.6. The van der Waals surface area contributed by atoms with Crippen molar-refractivity contribution in [1.82, 2.24) is 34.9 Å². The molecule has 3 heterocycles. The Balaban J connectivity index is 1.24. The molecule has 5 rings (SSSR count). The number of hydrogen-bond acceptors (Lipinski definition) is 9. The predicted molar refractivity (Wildman–Crippen MR) is 153 cm³/mol. The van der Waals surface area contributed by atoms with E-state index in [9.17, 15) is 10.1 Å².